The molecule has 90 valence electrons. The van der Waals surface area contributed by atoms with Gasteiger partial charge in [0.1, 0.15) is 0 Å². The molecule has 0 fully saturated rings. The Hall–Kier alpha value is -0.870. The van der Waals surface area contributed by atoms with Crippen molar-refractivity contribution in [2.75, 3.05) is 0 Å². The largest absolute Gasteiger partial charge is 0.370 e. The van der Waals surface area contributed by atoms with Crippen LogP contribution in [-0.4, -0.2) is 11.9 Å². The van der Waals surface area contributed by atoms with Crippen LogP contribution in [0.3, 0.4) is 0 Å². The number of carbonyl (C=O) groups excluding carboxylic acids is 1. The molecule has 0 bridgehead atoms. The van der Waals surface area contributed by atoms with Crippen LogP contribution in [0.4, 0.5) is 0 Å². The molecular formula is C12H20N2OS. The van der Waals surface area contributed by atoms with E-state index in [9.17, 15) is 4.79 Å². The molecule has 0 saturated heterocycles. The maximum Gasteiger partial charge on any atom is 0.218 e. The second-order valence-electron chi connectivity index (χ2n) is 4.12. The Morgan fingerprint density at radius 1 is 1.50 bits per heavy atom. The summed E-state index contributed by atoms with van der Waals surface area (Å²) in [4.78, 5) is 13.5. The van der Waals surface area contributed by atoms with Gasteiger partial charge in [-0.15, -0.1) is 11.3 Å². The predicted octanol–water partition coefficient (Wildman–Crippen LogP) is 2.23. The summed E-state index contributed by atoms with van der Waals surface area (Å²) < 4.78 is 0. The van der Waals surface area contributed by atoms with E-state index in [1.165, 1.54) is 9.75 Å². The minimum absolute atomic E-state index is 0.125. The van der Waals surface area contributed by atoms with Gasteiger partial charge in [-0.1, -0.05) is 6.92 Å². The molecular weight excluding hydrogens is 220 g/mol. The van der Waals surface area contributed by atoms with Crippen LogP contribution in [-0.2, 0) is 11.2 Å². The molecule has 0 aromatic carbocycles. The Bertz CT molecular complexity index is 349. The van der Waals surface area contributed by atoms with Crippen LogP contribution in [0.1, 0.15) is 43.0 Å². The smallest absolute Gasteiger partial charge is 0.218 e. The molecule has 0 aliphatic carbocycles. The molecule has 0 saturated carbocycles. The first kappa shape index (κ1) is 13.2. The number of rotatable bonds is 6. The zero-order chi connectivity index (χ0) is 12.1. The van der Waals surface area contributed by atoms with Crippen LogP contribution in [0.2, 0.25) is 0 Å². The molecule has 3 nitrogen and oxygen atoms in total. The molecule has 0 spiro atoms. The summed E-state index contributed by atoms with van der Waals surface area (Å²) in [6.45, 7) is 6.25. The zero-order valence-corrected chi connectivity index (χ0v) is 10.9. The molecule has 2 unspecified atom stereocenters. The lowest BCUT2D eigenvalue weighted by atomic mass is 10.2. The number of nitrogens with one attached hydrogen (secondary N) is 1. The van der Waals surface area contributed by atoms with Crippen LogP contribution >= 0.6 is 11.3 Å². The number of hydrogen-bond acceptors (Lipinski definition) is 3. The van der Waals surface area contributed by atoms with Crippen LogP contribution in [0.15, 0.2) is 12.1 Å². The molecule has 16 heavy (non-hydrogen) atoms. The van der Waals surface area contributed by atoms with Gasteiger partial charge in [-0.2, -0.15) is 0 Å². The van der Waals surface area contributed by atoms with Gasteiger partial charge in [0.25, 0.3) is 0 Å². The molecule has 0 aliphatic rings. The predicted molar refractivity (Wildman–Crippen MR) is 68.5 cm³/mol. The highest BCUT2D eigenvalue weighted by atomic mass is 32.1. The number of aryl methyl sites for hydroxylation is 1. The lowest BCUT2D eigenvalue weighted by Crippen LogP contribution is -2.32. The normalized spacial score (nSPS) is 14.7. The first-order valence-electron chi connectivity index (χ1n) is 5.65. The lowest BCUT2D eigenvalue weighted by Gasteiger charge is -2.17. The van der Waals surface area contributed by atoms with E-state index in [1.807, 2.05) is 18.3 Å². The van der Waals surface area contributed by atoms with Gasteiger partial charge in [-0.05, 0) is 32.4 Å². The fourth-order valence-electron chi connectivity index (χ4n) is 1.69. The summed E-state index contributed by atoms with van der Waals surface area (Å²) in [5, 5.41) is 3.37. The highest BCUT2D eigenvalue weighted by molar-refractivity contribution is 7.12. The van der Waals surface area contributed by atoms with Gasteiger partial charge < -0.3 is 11.1 Å². The van der Waals surface area contributed by atoms with Crippen molar-refractivity contribution < 1.29 is 4.79 Å². The van der Waals surface area contributed by atoms with Crippen molar-refractivity contribution in [2.24, 2.45) is 5.73 Å². The molecule has 0 aliphatic heterocycles. The fraction of sp³-hybridized carbons (Fsp3) is 0.583. The fourth-order valence-corrected chi connectivity index (χ4v) is 2.65. The number of amides is 1. The average molecular weight is 240 g/mol. The minimum atomic E-state index is -0.257. The number of thiophene rings is 1. The molecule has 1 rings (SSSR count). The van der Waals surface area contributed by atoms with Crippen LogP contribution in [0.25, 0.3) is 0 Å². The third-order valence-corrected chi connectivity index (χ3v) is 3.91. The van der Waals surface area contributed by atoms with Crippen molar-refractivity contribution in [3.63, 3.8) is 0 Å². The second-order valence-corrected chi connectivity index (χ2v) is 5.32. The van der Waals surface area contributed by atoms with Gasteiger partial charge in [-0.25, -0.2) is 0 Å². The molecule has 2 atom stereocenters. The van der Waals surface area contributed by atoms with E-state index < -0.39 is 0 Å². The Kier molecular flexibility index (Phi) is 4.96. The van der Waals surface area contributed by atoms with Crippen LogP contribution < -0.4 is 11.1 Å². The van der Waals surface area contributed by atoms with E-state index in [0.717, 1.165) is 6.42 Å². The minimum Gasteiger partial charge on any atom is -0.370 e. The number of carbonyl (C=O) groups is 1. The standard InChI is InChI=1S/C12H20N2OS/c1-4-10-5-6-11(16-10)9(3)14-8(2)7-12(13)15/h5-6,8-9,14H,4,7H2,1-3H3,(H2,13,15). The Morgan fingerprint density at radius 2 is 2.19 bits per heavy atom. The van der Waals surface area contributed by atoms with Crippen molar-refractivity contribution in [3.8, 4) is 0 Å². The molecule has 3 N–H and O–H groups in total. The highest BCUT2D eigenvalue weighted by Gasteiger charge is 2.12. The Labute approximate surface area is 101 Å². The van der Waals surface area contributed by atoms with Crippen molar-refractivity contribution in [2.45, 2.75) is 45.7 Å². The summed E-state index contributed by atoms with van der Waals surface area (Å²) in [6.07, 6.45) is 1.46. The van der Waals surface area contributed by atoms with Crippen molar-refractivity contribution >= 4 is 17.2 Å². The summed E-state index contributed by atoms with van der Waals surface area (Å²) >= 11 is 1.82. The second kappa shape index (κ2) is 6.01. The number of nitrogens with two attached hydrogens (primary N) is 1. The lowest BCUT2D eigenvalue weighted by molar-refractivity contribution is -0.118. The molecule has 1 amide bonds. The number of hydrogen-bond donors (Lipinski definition) is 2. The van der Waals surface area contributed by atoms with Gasteiger partial charge in [0, 0.05) is 28.3 Å². The van der Waals surface area contributed by atoms with Gasteiger partial charge in [0.05, 0.1) is 0 Å². The molecule has 4 heteroatoms. The Balaban J connectivity index is 2.51. The maximum atomic E-state index is 10.8. The van der Waals surface area contributed by atoms with E-state index in [4.69, 9.17) is 5.73 Å². The quantitative estimate of drug-likeness (QED) is 0.801. The topological polar surface area (TPSA) is 55.1 Å². The maximum absolute atomic E-state index is 10.8. The van der Waals surface area contributed by atoms with E-state index >= 15 is 0 Å². The zero-order valence-electron chi connectivity index (χ0n) is 10.1. The monoisotopic (exact) mass is 240 g/mol. The highest BCUT2D eigenvalue weighted by Crippen LogP contribution is 2.23. The van der Waals surface area contributed by atoms with Gasteiger partial charge >= 0.3 is 0 Å². The van der Waals surface area contributed by atoms with E-state index in [2.05, 4.69) is 31.3 Å². The summed E-state index contributed by atoms with van der Waals surface area (Å²) in [7, 11) is 0. The van der Waals surface area contributed by atoms with Gasteiger partial charge in [-0.3, -0.25) is 4.79 Å². The van der Waals surface area contributed by atoms with E-state index in [0.29, 0.717) is 6.42 Å². The van der Waals surface area contributed by atoms with Gasteiger partial charge in [0.15, 0.2) is 0 Å². The first-order chi connectivity index (χ1) is 7.52. The SMILES string of the molecule is CCc1ccc(C(C)NC(C)CC(N)=O)s1. The molecule has 1 aromatic rings. The van der Waals surface area contributed by atoms with Crippen LogP contribution in [0.5, 0.6) is 0 Å². The van der Waals surface area contributed by atoms with E-state index in [1.54, 1.807) is 0 Å². The van der Waals surface area contributed by atoms with E-state index in [-0.39, 0.29) is 18.0 Å². The summed E-state index contributed by atoms with van der Waals surface area (Å²) in [6, 6.07) is 4.72. The third-order valence-electron chi connectivity index (χ3n) is 2.50. The van der Waals surface area contributed by atoms with Crippen molar-refractivity contribution in [3.05, 3.63) is 21.9 Å². The first-order valence-corrected chi connectivity index (χ1v) is 6.47. The summed E-state index contributed by atoms with van der Waals surface area (Å²) in [5.74, 6) is -0.257. The molecule has 0 radical (unpaired) electrons. The Morgan fingerprint density at radius 3 is 2.69 bits per heavy atom. The van der Waals surface area contributed by atoms with Gasteiger partial charge in [0.2, 0.25) is 5.91 Å². The number of primary amides is 1. The average Bonchev–Trinajstić information content (AvgIpc) is 2.64. The third kappa shape index (κ3) is 3.94. The van der Waals surface area contributed by atoms with Crippen molar-refractivity contribution in [1.82, 2.24) is 5.32 Å². The molecule has 1 heterocycles. The van der Waals surface area contributed by atoms with Crippen LogP contribution in [0, 0.1) is 0 Å². The summed E-state index contributed by atoms with van der Waals surface area (Å²) in [5.41, 5.74) is 5.16. The van der Waals surface area contributed by atoms with Crippen molar-refractivity contribution in [1.29, 1.82) is 0 Å². The molecule has 1 aromatic heterocycles.